The van der Waals surface area contributed by atoms with Gasteiger partial charge < -0.3 is 13.9 Å². The van der Waals surface area contributed by atoms with Crippen LogP contribution in [0.5, 0.6) is 0 Å². The van der Waals surface area contributed by atoms with Crippen LogP contribution in [0.1, 0.15) is 0 Å². The van der Waals surface area contributed by atoms with Crippen molar-refractivity contribution in [3.63, 3.8) is 0 Å². The number of rotatable bonds is 7. The Balaban J connectivity index is 0.895. The number of para-hydroxylation sites is 4. The Hall–Kier alpha value is -8.21. The van der Waals surface area contributed by atoms with Crippen LogP contribution in [0.3, 0.4) is 0 Å². The molecule has 4 nitrogen and oxygen atoms in total. The molecule has 0 saturated heterocycles. The van der Waals surface area contributed by atoms with Crippen molar-refractivity contribution in [1.82, 2.24) is 9.55 Å². The van der Waals surface area contributed by atoms with Gasteiger partial charge in [0.15, 0.2) is 0 Å². The van der Waals surface area contributed by atoms with Crippen LogP contribution in [0.15, 0.2) is 229 Å². The number of hydrogen-bond donors (Lipinski definition) is 0. The van der Waals surface area contributed by atoms with Crippen LogP contribution in [-0.4, -0.2) is 9.55 Å². The molecule has 10 aromatic rings. The minimum atomic E-state index is 0.904. The normalized spacial score (nSPS) is 11.6. The molecule has 0 amide bonds. The fraction of sp³-hybridized carbons (Fsp3) is 0. The van der Waals surface area contributed by atoms with Crippen molar-refractivity contribution in [3.05, 3.63) is 225 Å². The van der Waals surface area contributed by atoms with E-state index in [0.29, 0.717) is 0 Å². The number of furan rings is 1. The summed E-state index contributed by atoms with van der Waals surface area (Å²) in [5.74, 6) is 0. The predicted molar refractivity (Wildman–Crippen MR) is 253 cm³/mol. The maximum Gasteiger partial charge on any atom is 0.143 e. The second kappa shape index (κ2) is 14.3. The highest BCUT2D eigenvalue weighted by Gasteiger charge is 2.19. The van der Waals surface area contributed by atoms with E-state index in [1.807, 2.05) is 12.1 Å². The second-order valence-corrected chi connectivity index (χ2v) is 15.6. The van der Waals surface area contributed by atoms with E-state index in [2.05, 4.69) is 222 Å². The van der Waals surface area contributed by atoms with Gasteiger partial charge in [-0.15, -0.1) is 0 Å². The van der Waals surface area contributed by atoms with Gasteiger partial charge in [-0.2, -0.15) is 0 Å². The summed E-state index contributed by atoms with van der Waals surface area (Å²) in [4.78, 5) is 7.35. The fourth-order valence-electron chi connectivity index (χ4n) is 9.00. The highest BCUT2D eigenvalue weighted by molar-refractivity contribution is 6.10. The Bertz CT molecular complexity index is 3490. The number of anilines is 3. The molecule has 0 fully saturated rings. The van der Waals surface area contributed by atoms with E-state index < -0.39 is 0 Å². The smallest absolute Gasteiger partial charge is 0.143 e. The zero-order valence-corrected chi connectivity index (χ0v) is 33.1. The van der Waals surface area contributed by atoms with Crippen molar-refractivity contribution < 1.29 is 4.42 Å². The second-order valence-electron chi connectivity index (χ2n) is 15.6. The molecule has 2 aliphatic heterocycles. The molecule has 0 spiro atoms. The van der Waals surface area contributed by atoms with Gasteiger partial charge in [0.25, 0.3) is 0 Å². The summed E-state index contributed by atoms with van der Waals surface area (Å²) in [5.41, 5.74) is 17.4. The zero-order chi connectivity index (χ0) is 40.3. The largest absolute Gasteiger partial charge is 0.455 e. The fourth-order valence-corrected chi connectivity index (χ4v) is 9.00. The Morgan fingerprint density at radius 3 is 1.59 bits per heavy atom. The number of aromatic nitrogens is 2. The van der Waals surface area contributed by atoms with Gasteiger partial charge in [0.1, 0.15) is 11.2 Å². The minimum absolute atomic E-state index is 0.904. The SMILES string of the molecule is c1ccc(-c2ccc(N(c3ccc(-c4ccc(-n5cc6c7ccccc7nc-6c6ccccc65)cc4)cc3)c3ccc(-c4cccc5c4oc4ccccc45)cc3)cc2)cc1. The van der Waals surface area contributed by atoms with Crippen LogP contribution in [0.25, 0.3) is 94.1 Å². The van der Waals surface area contributed by atoms with Crippen molar-refractivity contribution in [2.45, 2.75) is 0 Å². The number of fused-ring (bicyclic) bond motifs is 8. The first-order chi connectivity index (χ1) is 30.2. The first-order valence-corrected chi connectivity index (χ1v) is 20.7. The lowest BCUT2D eigenvalue weighted by Crippen LogP contribution is -2.09. The maximum atomic E-state index is 6.41. The van der Waals surface area contributed by atoms with Gasteiger partial charge in [-0.3, -0.25) is 0 Å². The van der Waals surface area contributed by atoms with Crippen molar-refractivity contribution in [2.24, 2.45) is 0 Å². The third kappa shape index (κ3) is 5.96. The molecule has 0 N–H and O–H groups in total. The van der Waals surface area contributed by atoms with Gasteiger partial charge in [0.2, 0.25) is 0 Å². The van der Waals surface area contributed by atoms with Crippen LogP contribution in [0.2, 0.25) is 0 Å². The molecular formula is C57H37N3O. The molecule has 4 heteroatoms. The third-order valence-corrected chi connectivity index (χ3v) is 12.0. The van der Waals surface area contributed by atoms with Crippen LogP contribution >= 0.6 is 0 Å². The van der Waals surface area contributed by atoms with Crippen LogP contribution in [0.4, 0.5) is 17.1 Å². The van der Waals surface area contributed by atoms with Gasteiger partial charge in [-0.25, -0.2) is 4.98 Å². The number of hydrogen-bond acceptors (Lipinski definition) is 3. The van der Waals surface area contributed by atoms with Gasteiger partial charge >= 0.3 is 0 Å². The van der Waals surface area contributed by atoms with E-state index in [0.717, 1.165) is 94.6 Å². The Morgan fingerprint density at radius 2 is 0.902 bits per heavy atom. The van der Waals surface area contributed by atoms with Crippen LogP contribution in [0, 0.1) is 0 Å². The average molecular weight is 780 g/mol. The summed E-state index contributed by atoms with van der Waals surface area (Å²) in [5, 5.41) is 4.58. The Morgan fingerprint density at radius 1 is 0.377 bits per heavy atom. The zero-order valence-electron chi connectivity index (χ0n) is 33.1. The molecule has 1 aromatic heterocycles. The highest BCUT2D eigenvalue weighted by Crippen LogP contribution is 2.41. The van der Waals surface area contributed by atoms with Crippen molar-refractivity contribution in [3.8, 4) is 50.3 Å². The predicted octanol–water partition coefficient (Wildman–Crippen LogP) is 15.7. The van der Waals surface area contributed by atoms with Crippen LogP contribution < -0.4 is 4.90 Å². The molecular weight excluding hydrogens is 743 g/mol. The minimum Gasteiger partial charge on any atom is -0.455 e. The molecule has 0 saturated carbocycles. The van der Waals surface area contributed by atoms with Crippen molar-refractivity contribution in [2.75, 3.05) is 4.90 Å². The molecule has 9 aromatic carbocycles. The van der Waals surface area contributed by atoms with Gasteiger partial charge in [0, 0.05) is 61.6 Å². The number of pyridine rings is 1. The summed E-state index contributed by atoms with van der Waals surface area (Å²) in [6.07, 6.45) is 2.24. The van der Waals surface area contributed by atoms with E-state index in [1.165, 1.54) is 16.5 Å². The summed E-state index contributed by atoms with van der Waals surface area (Å²) in [7, 11) is 0. The molecule has 61 heavy (non-hydrogen) atoms. The lowest BCUT2D eigenvalue weighted by Gasteiger charge is -2.26. The van der Waals surface area contributed by atoms with E-state index in [4.69, 9.17) is 9.40 Å². The van der Waals surface area contributed by atoms with Gasteiger partial charge in [-0.05, 0) is 94.5 Å². The Kier molecular flexibility index (Phi) is 8.13. The van der Waals surface area contributed by atoms with Crippen LogP contribution in [-0.2, 0) is 0 Å². The molecule has 0 aliphatic carbocycles. The molecule has 12 rings (SSSR count). The molecule has 0 unspecified atom stereocenters. The third-order valence-electron chi connectivity index (χ3n) is 12.0. The van der Waals surface area contributed by atoms with Gasteiger partial charge in [0.05, 0.1) is 16.7 Å². The van der Waals surface area contributed by atoms with E-state index in [-0.39, 0.29) is 0 Å². The molecule has 0 bridgehead atoms. The first-order valence-electron chi connectivity index (χ1n) is 20.7. The molecule has 286 valence electrons. The molecule has 0 atom stereocenters. The van der Waals surface area contributed by atoms with E-state index >= 15 is 0 Å². The molecule has 2 aliphatic rings. The lowest BCUT2D eigenvalue weighted by molar-refractivity contribution is 0.670. The summed E-state index contributed by atoms with van der Waals surface area (Å²) < 4.78 is 8.70. The molecule has 0 radical (unpaired) electrons. The summed E-state index contributed by atoms with van der Waals surface area (Å²) >= 11 is 0. The number of benzene rings is 9. The standard InChI is InChI=1S/C57H37N3O/c1-2-11-38(12-3-1)39-23-31-44(32-24-39)60(46-35-27-42(28-36-46)47-16-10-17-50-49-14-6-9-20-55(49)61-57(47)50)45-33-25-41(26-34-45)40-21-29-43(30-22-40)59-37-52-48-13-4-7-18-53(48)58-56(52)51-15-5-8-19-54(51)59/h1-37H. The van der Waals surface area contributed by atoms with Crippen molar-refractivity contribution >= 4 is 60.8 Å². The maximum absolute atomic E-state index is 6.41. The quantitative estimate of drug-likeness (QED) is 0.162. The van der Waals surface area contributed by atoms with Gasteiger partial charge in [-0.1, -0.05) is 152 Å². The lowest BCUT2D eigenvalue weighted by atomic mass is 10.0. The van der Waals surface area contributed by atoms with E-state index in [9.17, 15) is 0 Å². The summed E-state index contributed by atoms with van der Waals surface area (Å²) in [6, 6.07) is 77.6. The topological polar surface area (TPSA) is 34.2 Å². The Labute approximate surface area is 353 Å². The van der Waals surface area contributed by atoms with Crippen molar-refractivity contribution in [1.29, 1.82) is 0 Å². The molecule has 3 heterocycles. The van der Waals surface area contributed by atoms with E-state index in [1.54, 1.807) is 0 Å². The number of nitrogens with zero attached hydrogens (tertiary/aromatic N) is 3. The highest BCUT2D eigenvalue weighted by atomic mass is 16.3. The monoisotopic (exact) mass is 779 g/mol. The average Bonchev–Trinajstić information content (AvgIpc) is 3.91. The first kappa shape index (κ1) is 34.8. The summed E-state index contributed by atoms with van der Waals surface area (Å²) in [6.45, 7) is 0.